The fourth-order valence-corrected chi connectivity index (χ4v) is 2.15. The Kier molecular flexibility index (Phi) is 5.11. The molecule has 0 aliphatic heterocycles. The van der Waals surface area contributed by atoms with Crippen molar-refractivity contribution < 1.29 is 13.5 Å². The summed E-state index contributed by atoms with van der Waals surface area (Å²) in [4.78, 5) is 0. The lowest BCUT2D eigenvalue weighted by Crippen LogP contribution is -2.10. The molecule has 0 aliphatic rings. The molecule has 1 unspecified atom stereocenters. The maximum Gasteiger partial charge on any atom is 0.387 e. The Labute approximate surface area is 132 Å². The number of benzene rings is 2. The Balaban J connectivity index is 2.28. The molecule has 0 saturated heterocycles. The zero-order chi connectivity index (χ0) is 16.8. The molecule has 0 aliphatic carbocycles. The van der Waals surface area contributed by atoms with E-state index in [0.717, 1.165) is 0 Å². The van der Waals surface area contributed by atoms with Gasteiger partial charge in [0.1, 0.15) is 17.9 Å². The van der Waals surface area contributed by atoms with E-state index in [1.165, 1.54) is 12.1 Å². The van der Waals surface area contributed by atoms with Gasteiger partial charge in [-0.3, -0.25) is 0 Å². The number of anilines is 1. The molecule has 2 rings (SSSR count). The van der Waals surface area contributed by atoms with Crippen molar-refractivity contribution in [1.29, 1.82) is 10.5 Å². The molecule has 23 heavy (non-hydrogen) atoms. The fourth-order valence-electron chi connectivity index (χ4n) is 2.15. The summed E-state index contributed by atoms with van der Waals surface area (Å²) < 4.78 is 29.0. The van der Waals surface area contributed by atoms with Crippen LogP contribution in [0, 0.1) is 22.7 Å². The topological polar surface area (TPSA) is 68.8 Å². The average molecular weight is 313 g/mol. The van der Waals surface area contributed by atoms with Crippen molar-refractivity contribution in [2.75, 3.05) is 5.32 Å². The second-order valence-corrected chi connectivity index (χ2v) is 4.77. The number of ether oxygens (including phenoxy) is 1. The molecule has 6 heteroatoms. The van der Waals surface area contributed by atoms with Crippen molar-refractivity contribution in [2.45, 2.75) is 19.6 Å². The molecule has 4 nitrogen and oxygen atoms in total. The van der Waals surface area contributed by atoms with Gasteiger partial charge in [0.25, 0.3) is 0 Å². The van der Waals surface area contributed by atoms with Crippen LogP contribution in [-0.4, -0.2) is 6.61 Å². The molecule has 0 bridgehead atoms. The van der Waals surface area contributed by atoms with Crippen LogP contribution >= 0.6 is 0 Å². The molecule has 0 saturated carbocycles. The number of rotatable bonds is 5. The highest BCUT2D eigenvalue weighted by Crippen LogP contribution is 2.27. The number of hydrogen-bond acceptors (Lipinski definition) is 4. The van der Waals surface area contributed by atoms with Crippen LogP contribution in [0.3, 0.4) is 0 Å². The Bertz CT molecular complexity index is 746. The zero-order valence-corrected chi connectivity index (χ0v) is 12.3. The SMILES string of the molecule is CC(Nc1c(C#N)cccc1C#N)c1cccc(OC(F)F)c1. The predicted molar refractivity (Wildman–Crippen MR) is 81.0 cm³/mol. The maximum atomic E-state index is 12.3. The number of nitrogens with zero attached hydrogens (tertiary/aromatic N) is 2. The van der Waals surface area contributed by atoms with Gasteiger partial charge in [0, 0.05) is 6.04 Å². The van der Waals surface area contributed by atoms with Crippen LogP contribution in [0.4, 0.5) is 14.5 Å². The Morgan fingerprint density at radius 1 is 1.04 bits per heavy atom. The highest BCUT2D eigenvalue weighted by atomic mass is 19.3. The molecular formula is C17H13F2N3O. The summed E-state index contributed by atoms with van der Waals surface area (Å²) in [5.41, 5.74) is 1.80. The molecule has 0 fully saturated rings. The monoisotopic (exact) mass is 313 g/mol. The third kappa shape index (κ3) is 3.96. The molecule has 2 aromatic carbocycles. The normalized spacial score (nSPS) is 11.4. The third-order valence-electron chi connectivity index (χ3n) is 3.25. The van der Waals surface area contributed by atoms with Crippen molar-refractivity contribution >= 4 is 5.69 Å². The lowest BCUT2D eigenvalue weighted by atomic mass is 10.0. The molecule has 1 atom stereocenters. The minimum atomic E-state index is -2.89. The maximum absolute atomic E-state index is 12.3. The Morgan fingerprint density at radius 2 is 1.65 bits per heavy atom. The predicted octanol–water partition coefficient (Wildman–Crippen LogP) is 4.20. The number of hydrogen-bond donors (Lipinski definition) is 1. The molecule has 0 radical (unpaired) electrons. The molecule has 0 spiro atoms. The fraction of sp³-hybridized carbons (Fsp3) is 0.176. The van der Waals surface area contributed by atoms with E-state index in [9.17, 15) is 8.78 Å². The summed E-state index contributed by atoms with van der Waals surface area (Å²) in [5.74, 6) is 0.0558. The van der Waals surface area contributed by atoms with Crippen molar-refractivity contribution in [1.82, 2.24) is 0 Å². The molecular weight excluding hydrogens is 300 g/mol. The van der Waals surface area contributed by atoms with Gasteiger partial charge in [-0.05, 0) is 36.8 Å². The van der Waals surface area contributed by atoms with Gasteiger partial charge in [0.15, 0.2) is 0 Å². The van der Waals surface area contributed by atoms with Crippen molar-refractivity contribution in [2.24, 2.45) is 0 Å². The van der Waals surface area contributed by atoms with Gasteiger partial charge in [0.2, 0.25) is 0 Å². The molecule has 1 N–H and O–H groups in total. The smallest absolute Gasteiger partial charge is 0.387 e. The van der Waals surface area contributed by atoms with Gasteiger partial charge in [0.05, 0.1) is 16.8 Å². The second-order valence-electron chi connectivity index (χ2n) is 4.77. The van der Waals surface area contributed by atoms with Crippen molar-refractivity contribution in [3.63, 3.8) is 0 Å². The zero-order valence-electron chi connectivity index (χ0n) is 12.3. The summed E-state index contributed by atoms with van der Waals surface area (Å²) in [6, 6.07) is 14.9. The summed E-state index contributed by atoms with van der Waals surface area (Å²) in [5, 5.41) is 21.4. The van der Waals surface area contributed by atoms with Crippen LogP contribution in [0.1, 0.15) is 29.7 Å². The summed E-state index contributed by atoms with van der Waals surface area (Å²) in [7, 11) is 0. The number of halogens is 2. The van der Waals surface area contributed by atoms with Crippen LogP contribution in [0.5, 0.6) is 5.75 Å². The first-order chi connectivity index (χ1) is 11.0. The van der Waals surface area contributed by atoms with Crippen molar-refractivity contribution in [3.8, 4) is 17.9 Å². The standard InChI is InChI=1S/C17H13F2N3O/c1-11(12-4-3-7-15(8-12)23-17(18)19)22-16-13(9-20)5-2-6-14(16)10-21/h2-8,11,17,22H,1H3. The number of nitrogens with one attached hydrogen (secondary N) is 1. The molecule has 2 aromatic rings. The van der Waals surface area contributed by atoms with E-state index >= 15 is 0 Å². The molecule has 0 aromatic heterocycles. The van der Waals surface area contributed by atoms with Gasteiger partial charge in [-0.15, -0.1) is 0 Å². The number of para-hydroxylation sites is 1. The first-order valence-electron chi connectivity index (χ1n) is 6.79. The molecule has 0 amide bonds. The highest BCUT2D eigenvalue weighted by Gasteiger charge is 2.13. The lowest BCUT2D eigenvalue weighted by Gasteiger charge is -2.18. The van der Waals surface area contributed by atoms with E-state index in [1.807, 2.05) is 12.1 Å². The first kappa shape index (κ1) is 16.3. The largest absolute Gasteiger partial charge is 0.435 e. The van der Waals surface area contributed by atoms with Gasteiger partial charge < -0.3 is 10.1 Å². The first-order valence-corrected chi connectivity index (χ1v) is 6.79. The van der Waals surface area contributed by atoms with E-state index in [0.29, 0.717) is 22.4 Å². The minimum Gasteiger partial charge on any atom is -0.435 e. The molecule has 0 heterocycles. The van der Waals surface area contributed by atoms with Crippen LogP contribution in [0.2, 0.25) is 0 Å². The average Bonchev–Trinajstić information content (AvgIpc) is 2.54. The van der Waals surface area contributed by atoms with Gasteiger partial charge in [-0.1, -0.05) is 18.2 Å². The summed E-state index contributed by atoms with van der Waals surface area (Å²) in [6.07, 6.45) is 0. The van der Waals surface area contributed by atoms with E-state index in [4.69, 9.17) is 10.5 Å². The van der Waals surface area contributed by atoms with Crippen LogP contribution in [0.25, 0.3) is 0 Å². The van der Waals surface area contributed by atoms with E-state index in [-0.39, 0.29) is 11.8 Å². The van der Waals surface area contributed by atoms with E-state index in [2.05, 4.69) is 10.1 Å². The van der Waals surface area contributed by atoms with Crippen molar-refractivity contribution in [3.05, 3.63) is 59.2 Å². The number of alkyl halides is 2. The summed E-state index contributed by atoms with van der Waals surface area (Å²) >= 11 is 0. The lowest BCUT2D eigenvalue weighted by molar-refractivity contribution is -0.0498. The highest BCUT2D eigenvalue weighted by molar-refractivity contribution is 5.67. The molecule has 116 valence electrons. The van der Waals surface area contributed by atoms with Gasteiger partial charge >= 0.3 is 6.61 Å². The van der Waals surface area contributed by atoms with Crippen LogP contribution in [-0.2, 0) is 0 Å². The van der Waals surface area contributed by atoms with Crippen LogP contribution < -0.4 is 10.1 Å². The number of nitriles is 2. The Hall–Kier alpha value is -3.12. The summed E-state index contributed by atoms with van der Waals surface area (Å²) in [6.45, 7) is -1.09. The van der Waals surface area contributed by atoms with Crippen LogP contribution in [0.15, 0.2) is 42.5 Å². The Morgan fingerprint density at radius 3 is 2.22 bits per heavy atom. The quantitative estimate of drug-likeness (QED) is 0.898. The van der Waals surface area contributed by atoms with E-state index < -0.39 is 6.61 Å². The van der Waals surface area contributed by atoms with E-state index in [1.54, 1.807) is 37.3 Å². The minimum absolute atomic E-state index is 0.0558. The van der Waals surface area contributed by atoms with Gasteiger partial charge in [-0.2, -0.15) is 19.3 Å². The van der Waals surface area contributed by atoms with Gasteiger partial charge in [-0.25, -0.2) is 0 Å². The third-order valence-corrected chi connectivity index (χ3v) is 3.25. The second kappa shape index (κ2) is 7.24.